The van der Waals surface area contributed by atoms with E-state index in [1.54, 1.807) is 32.4 Å². The molecule has 0 atom stereocenters. The van der Waals surface area contributed by atoms with Gasteiger partial charge in [-0.15, -0.1) is 0 Å². The number of hydrogen-bond acceptors (Lipinski definition) is 3. The zero-order chi connectivity index (χ0) is 17.9. The summed E-state index contributed by atoms with van der Waals surface area (Å²) in [5, 5.41) is 9.26. The maximum Gasteiger partial charge on any atom is 0.251 e. The number of nitrogens with zero attached hydrogens (tertiary/aromatic N) is 2. The van der Waals surface area contributed by atoms with Gasteiger partial charge in [-0.2, -0.15) is 0 Å². The number of guanidine groups is 1. The van der Waals surface area contributed by atoms with Crippen molar-refractivity contribution in [2.75, 3.05) is 33.8 Å². The van der Waals surface area contributed by atoms with Crippen LogP contribution in [0.5, 0.6) is 5.75 Å². The Bertz CT molecular complexity index is 683. The highest BCUT2D eigenvalue weighted by molar-refractivity contribution is 5.94. The molecular weight excluding hydrogens is 318 g/mol. The molecule has 7 nitrogen and oxygen atoms in total. The molecular formula is C18H25N5O2. The Morgan fingerprint density at radius 2 is 1.80 bits per heavy atom. The van der Waals surface area contributed by atoms with Gasteiger partial charge in [0.25, 0.3) is 5.91 Å². The van der Waals surface area contributed by atoms with Gasteiger partial charge < -0.3 is 25.3 Å². The molecule has 3 N–H and O–H groups in total. The Kier molecular flexibility index (Phi) is 7.37. The molecule has 0 aliphatic heterocycles. The van der Waals surface area contributed by atoms with Crippen LogP contribution >= 0.6 is 0 Å². The van der Waals surface area contributed by atoms with Crippen molar-refractivity contribution >= 4 is 11.9 Å². The summed E-state index contributed by atoms with van der Waals surface area (Å²) in [6.45, 7) is 2.71. The molecule has 0 spiro atoms. The minimum Gasteiger partial charge on any atom is -0.497 e. The van der Waals surface area contributed by atoms with E-state index in [-0.39, 0.29) is 5.91 Å². The topological polar surface area (TPSA) is 79.7 Å². The van der Waals surface area contributed by atoms with Crippen LogP contribution in [0.1, 0.15) is 10.4 Å². The molecule has 0 saturated heterocycles. The van der Waals surface area contributed by atoms with Crippen LogP contribution in [-0.4, -0.2) is 50.2 Å². The lowest BCUT2D eigenvalue weighted by Gasteiger charge is -2.13. The summed E-state index contributed by atoms with van der Waals surface area (Å²) in [7, 11) is 3.30. The minimum atomic E-state index is -0.128. The van der Waals surface area contributed by atoms with Gasteiger partial charge in [-0.05, 0) is 30.3 Å². The Balaban J connectivity index is 1.65. The van der Waals surface area contributed by atoms with Gasteiger partial charge in [0, 0.05) is 51.2 Å². The third-order valence-electron chi connectivity index (χ3n) is 3.59. The maximum atomic E-state index is 12.1. The van der Waals surface area contributed by atoms with Gasteiger partial charge >= 0.3 is 0 Å². The number of ether oxygens (including phenoxy) is 1. The molecule has 2 aromatic rings. The lowest BCUT2D eigenvalue weighted by Crippen LogP contribution is -2.42. The fourth-order valence-electron chi connectivity index (χ4n) is 2.27. The smallest absolute Gasteiger partial charge is 0.251 e. The highest BCUT2D eigenvalue weighted by Gasteiger charge is 2.05. The molecule has 25 heavy (non-hydrogen) atoms. The Hall–Kier alpha value is -2.96. The predicted molar refractivity (Wildman–Crippen MR) is 99.1 cm³/mol. The molecule has 1 aromatic heterocycles. The highest BCUT2D eigenvalue weighted by Crippen LogP contribution is 2.12. The van der Waals surface area contributed by atoms with E-state index in [4.69, 9.17) is 4.74 Å². The number of benzene rings is 1. The van der Waals surface area contributed by atoms with Crippen molar-refractivity contribution in [2.45, 2.75) is 6.54 Å². The average Bonchev–Trinajstić information content (AvgIpc) is 3.17. The van der Waals surface area contributed by atoms with Gasteiger partial charge in [0.2, 0.25) is 0 Å². The van der Waals surface area contributed by atoms with Crippen LogP contribution in [0.3, 0.4) is 0 Å². The third-order valence-corrected chi connectivity index (χ3v) is 3.59. The Morgan fingerprint density at radius 3 is 2.52 bits per heavy atom. The first-order valence-electron chi connectivity index (χ1n) is 8.20. The zero-order valence-corrected chi connectivity index (χ0v) is 14.7. The number of aliphatic imine (C=N–C) groups is 1. The quantitative estimate of drug-likeness (QED) is 0.381. The lowest BCUT2D eigenvalue weighted by molar-refractivity contribution is 0.0954. The van der Waals surface area contributed by atoms with Crippen molar-refractivity contribution in [3.63, 3.8) is 0 Å². The summed E-state index contributed by atoms with van der Waals surface area (Å²) in [5.74, 6) is 1.25. The molecule has 2 rings (SSSR count). The lowest BCUT2D eigenvalue weighted by atomic mass is 10.2. The molecule has 1 amide bonds. The molecule has 1 aromatic carbocycles. The molecule has 0 fully saturated rings. The fraction of sp³-hybridized carbons (Fsp3) is 0.333. The van der Waals surface area contributed by atoms with Gasteiger partial charge in [-0.3, -0.25) is 9.79 Å². The van der Waals surface area contributed by atoms with Crippen LogP contribution in [0.2, 0.25) is 0 Å². The van der Waals surface area contributed by atoms with Gasteiger partial charge in [-0.1, -0.05) is 6.07 Å². The highest BCUT2D eigenvalue weighted by atomic mass is 16.5. The van der Waals surface area contributed by atoms with E-state index < -0.39 is 0 Å². The number of rotatable bonds is 8. The Morgan fingerprint density at radius 1 is 1.08 bits per heavy atom. The molecule has 0 aliphatic carbocycles. The summed E-state index contributed by atoms with van der Waals surface area (Å²) in [5.41, 5.74) is 0.577. The molecule has 1 heterocycles. The summed E-state index contributed by atoms with van der Waals surface area (Å²) >= 11 is 0. The predicted octanol–water partition coefficient (Wildman–Crippen LogP) is 1.09. The number of hydrogen-bond donors (Lipinski definition) is 3. The molecule has 0 bridgehead atoms. The van der Waals surface area contributed by atoms with E-state index in [1.807, 2.05) is 30.6 Å². The first-order chi connectivity index (χ1) is 12.2. The van der Waals surface area contributed by atoms with Gasteiger partial charge in [0.15, 0.2) is 5.96 Å². The second-order valence-electron chi connectivity index (χ2n) is 5.33. The number of methoxy groups -OCH3 is 1. The van der Waals surface area contributed by atoms with E-state index in [9.17, 15) is 4.79 Å². The standard InChI is InChI=1S/C18H25N5O2/c1-19-18(22-10-13-23-11-3-4-12-23)21-9-8-20-17(24)15-6-5-7-16(14-15)25-2/h3-7,11-12,14H,8-10,13H2,1-2H3,(H,20,24)(H2,19,21,22). The van der Waals surface area contributed by atoms with Crippen LogP contribution < -0.4 is 20.7 Å². The van der Waals surface area contributed by atoms with Gasteiger partial charge in [-0.25, -0.2) is 0 Å². The minimum absolute atomic E-state index is 0.128. The first kappa shape index (κ1) is 18.4. The van der Waals surface area contributed by atoms with Crippen LogP contribution in [0.4, 0.5) is 0 Å². The maximum absolute atomic E-state index is 12.1. The first-order valence-corrected chi connectivity index (χ1v) is 8.20. The largest absolute Gasteiger partial charge is 0.497 e. The van der Waals surface area contributed by atoms with Crippen molar-refractivity contribution < 1.29 is 9.53 Å². The van der Waals surface area contributed by atoms with Crippen molar-refractivity contribution in [3.8, 4) is 5.75 Å². The molecule has 0 saturated carbocycles. The van der Waals surface area contributed by atoms with Crippen molar-refractivity contribution in [3.05, 3.63) is 54.4 Å². The summed E-state index contributed by atoms with van der Waals surface area (Å²) in [4.78, 5) is 16.2. The van der Waals surface area contributed by atoms with Crippen LogP contribution in [0.15, 0.2) is 53.8 Å². The van der Waals surface area contributed by atoms with E-state index in [0.717, 1.165) is 13.1 Å². The number of carbonyl (C=O) groups excluding carboxylic acids is 1. The number of amides is 1. The van der Waals surface area contributed by atoms with Crippen LogP contribution in [-0.2, 0) is 6.54 Å². The monoisotopic (exact) mass is 343 g/mol. The Labute approximate surface area is 148 Å². The average molecular weight is 343 g/mol. The van der Waals surface area contributed by atoms with Crippen LogP contribution in [0.25, 0.3) is 0 Å². The molecule has 7 heteroatoms. The van der Waals surface area contributed by atoms with E-state index >= 15 is 0 Å². The summed E-state index contributed by atoms with van der Waals surface area (Å²) in [6.07, 6.45) is 4.04. The molecule has 0 aliphatic rings. The summed E-state index contributed by atoms with van der Waals surface area (Å²) in [6, 6.07) is 11.1. The third kappa shape index (κ3) is 6.21. The number of carbonyl (C=O) groups is 1. The molecule has 0 unspecified atom stereocenters. The van der Waals surface area contributed by atoms with Gasteiger partial charge in [0.05, 0.1) is 7.11 Å². The van der Waals surface area contributed by atoms with E-state index in [0.29, 0.717) is 30.4 Å². The molecule has 0 radical (unpaired) electrons. The van der Waals surface area contributed by atoms with Crippen molar-refractivity contribution in [1.82, 2.24) is 20.5 Å². The SMILES string of the molecule is CN=C(NCCNC(=O)c1cccc(OC)c1)NCCn1cccc1. The van der Waals surface area contributed by atoms with E-state index in [1.165, 1.54) is 0 Å². The normalized spacial score (nSPS) is 11.0. The zero-order valence-electron chi connectivity index (χ0n) is 14.7. The summed E-state index contributed by atoms with van der Waals surface area (Å²) < 4.78 is 7.21. The second-order valence-corrected chi connectivity index (χ2v) is 5.33. The van der Waals surface area contributed by atoms with Crippen molar-refractivity contribution in [1.29, 1.82) is 0 Å². The van der Waals surface area contributed by atoms with E-state index in [2.05, 4.69) is 25.5 Å². The fourth-order valence-corrected chi connectivity index (χ4v) is 2.27. The van der Waals surface area contributed by atoms with Crippen molar-refractivity contribution in [2.24, 2.45) is 4.99 Å². The number of aromatic nitrogens is 1. The van der Waals surface area contributed by atoms with Crippen LogP contribution in [0, 0.1) is 0 Å². The molecule has 134 valence electrons. The second kappa shape index (κ2) is 10.0. The number of nitrogens with one attached hydrogen (secondary N) is 3. The van der Waals surface area contributed by atoms with Gasteiger partial charge in [0.1, 0.15) is 5.75 Å².